The van der Waals surface area contributed by atoms with Gasteiger partial charge in [0.25, 0.3) is 0 Å². The molecule has 1 saturated heterocycles. The zero-order valence-corrected chi connectivity index (χ0v) is 9.30. The molecule has 0 aliphatic carbocycles. The molecule has 0 saturated carbocycles. The fourth-order valence-electron chi connectivity index (χ4n) is 1.79. The third-order valence-electron chi connectivity index (χ3n) is 2.81. The van der Waals surface area contributed by atoms with Gasteiger partial charge >= 0.3 is 0 Å². The number of hydrogen-bond donors (Lipinski definition) is 4. The van der Waals surface area contributed by atoms with Gasteiger partial charge in [0.05, 0.1) is 19.3 Å². The van der Waals surface area contributed by atoms with Gasteiger partial charge in [-0.2, -0.15) is 0 Å². The third-order valence-corrected chi connectivity index (χ3v) is 2.81. The summed E-state index contributed by atoms with van der Waals surface area (Å²) in [5.74, 6) is -0.343. The number of carbonyl (C=O) groups is 1. The van der Waals surface area contributed by atoms with Crippen molar-refractivity contribution in [2.75, 3.05) is 19.8 Å². The predicted octanol–water partition coefficient (Wildman–Crippen LogP) is -1.76. The normalized spacial score (nSPS) is 34.8. The molecule has 94 valence electrons. The quantitative estimate of drug-likeness (QED) is 0.461. The summed E-state index contributed by atoms with van der Waals surface area (Å²) in [6.07, 6.45) is -2.16. The molecule has 0 aromatic carbocycles. The Labute approximate surface area is 94.2 Å². The van der Waals surface area contributed by atoms with Gasteiger partial charge < -0.3 is 25.4 Å². The molecular formula is C10H19NO5. The first-order valence-corrected chi connectivity index (χ1v) is 5.39. The lowest BCUT2D eigenvalue weighted by Gasteiger charge is -2.36. The van der Waals surface area contributed by atoms with Crippen molar-refractivity contribution in [1.29, 1.82) is 0 Å². The van der Waals surface area contributed by atoms with E-state index in [4.69, 9.17) is 9.84 Å². The van der Waals surface area contributed by atoms with E-state index in [2.05, 4.69) is 5.32 Å². The van der Waals surface area contributed by atoms with Gasteiger partial charge in [0.1, 0.15) is 12.2 Å². The van der Waals surface area contributed by atoms with Gasteiger partial charge in [-0.05, 0) is 6.42 Å². The zero-order valence-electron chi connectivity index (χ0n) is 9.30. The lowest BCUT2D eigenvalue weighted by molar-refractivity contribution is -0.175. The standard InChI is InChI=1S/C10H19NO5/c1-6(13)11-3-2-7-5-16-8(4-12)10(15)9(7)14/h7-10,12,14-15H,2-5H2,1H3,(H,11,13)/t7-,8-,9-,10+/m1/s1. The fraction of sp³-hybridized carbons (Fsp3) is 0.900. The minimum Gasteiger partial charge on any atom is -0.394 e. The van der Waals surface area contributed by atoms with Crippen LogP contribution in [0.15, 0.2) is 0 Å². The van der Waals surface area contributed by atoms with Gasteiger partial charge in [-0.3, -0.25) is 4.79 Å². The minimum absolute atomic E-state index is 0.125. The van der Waals surface area contributed by atoms with Crippen LogP contribution in [0, 0.1) is 5.92 Å². The molecule has 1 heterocycles. The molecule has 0 bridgehead atoms. The van der Waals surface area contributed by atoms with Crippen molar-refractivity contribution in [3.63, 3.8) is 0 Å². The monoisotopic (exact) mass is 233 g/mol. The average Bonchev–Trinajstić information content (AvgIpc) is 2.24. The summed E-state index contributed by atoms with van der Waals surface area (Å²) in [5, 5.41) is 30.8. The van der Waals surface area contributed by atoms with Crippen molar-refractivity contribution in [1.82, 2.24) is 5.32 Å². The number of nitrogens with one attached hydrogen (secondary N) is 1. The first-order valence-electron chi connectivity index (χ1n) is 5.39. The van der Waals surface area contributed by atoms with Crippen molar-refractivity contribution in [3.05, 3.63) is 0 Å². The van der Waals surface area contributed by atoms with Gasteiger partial charge in [-0.25, -0.2) is 0 Å². The second-order valence-corrected chi connectivity index (χ2v) is 4.07. The van der Waals surface area contributed by atoms with Crippen LogP contribution in [0.3, 0.4) is 0 Å². The molecule has 6 heteroatoms. The Hall–Kier alpha value is -0.690. The Balaban J connectivity index is 2.36. The summed E-state index contributed by atoms with van der Waals surface area (Å²) in [5.41, 5.74) is 0. The summed E-state index contributed by atoms with van der Waals surface area (Å²) >= 11 is 0. The van der Waals surface area contributed by atoms with Crippen LogP contribution in [-0.4, -0.2) is 59.3 Å². The topological polar surface area (TPSA) is 99.0 Å². The van der Waals surface area contributed by atoms with Crippen LogP contribution in [-0.2, 0) is 9.53 Å². The van der Waals surface area contributed by atoms with Crippen molar-refractivity contribution in [3.8, 4) is 0 Å². The molecular weight excluding hydrogens is 214 g/mol. The number of aliphatic hydroxyl groups is 3. The molecule has 6 nitrogen and oxygen atoms in total. The molecule has 16 heavy (non-hydrogen) atoms. The molecule has 0 unspecified atom stereocenters. The van der Waals surface area contributed by atoms with E-state index in [0.29, 0.717) is 13.0 Å². The minimum atomic E-state index is -1.07. The Bertz CT molecular complexity index is 235. The van der Waals surface area contributed by atoms with E-state index < -0.39 is 18.3 Å². The zero-order chi connectivity index (χ0) is 12.1. The highest BCUT2D eigenvalue weighted by Crippen LogP contribution is 2.22. The summed E-state index contributed by atoms with van der Waals surface area (Å²) in [7, 11) is 0. The van der Waals surface area contributed by atoms with Crippen LogP contribution in [0.5, 0.6) is 0 Å². The predicted molar refractivity (Wildman–Crippen MR) is 55.6 cm³/mol. The fourth-order valence-corrected chi connectivity index (χ4v) is 1.79. The molecule has 0 spiro atoms. The number of carbonyl (C=O) groups excluding carboxylic acids is 1. The summed E-state index contributed by atoms with van der Waals surface area (Å²) in [6, 6.07) is 0. The Kier molecular flexibility index (Phi) is 5.14. The second-order valence-electron chi connectivity index (χ2n) is 4.07. The van der Waals surface area contributed by atoms with Crippen molar-refractivity contribution >= 4 is 5.91 Å². The number of hydrogen-bond acceptors (Lipinski definition) is 5. The highest BCUT2D eigenvalue weighted by molar-refractivity contribution is 5.72. The molecule has 0 aromatic rings. The maximum absolute atomic E-state index is 10.6. The summed E-state index contributed by atoms with van der Waals surface area (Å²) in [6.45, 7) is 1.83. The first kappa shape index (κ1) is 13.4. The Morgan fingerprint density at radius 2 is 2.12 bits per heavy atom. The highest BCUT2D eigenvalue weighted by atomic mass is 16.5. The lowest BCUT2D eigenvalue weighted by Crippen LogP contribution is -2.52. The molecule has 4 atom stereocenters. The molecule has 4 N–H and O–H groups in total. The molecule has 1 aliphatic heterocycles. The van der Waals surface area contributed by atoms with E-state index in [-0.39, 0.29) is 25.0 Å². The lowest BCUT2D eigenvalue weighted by atomic mass is 9.90. The van der Waals surface area contributed by atoms with Gasteiger partial charge in [-0.15, -0.1) is 0 Å². The second kappa shape index (κ2) is 6.15. The van der Waals surface area contributed by atoms with Crippen LogP contribution in [0.1, 0.15) is 13.3 Å². The van der Waals surface area contributed by atoms with Crippen molar-refractivity contribution in [2.45, 2.75) is 31.7 Å². The van der Waals surface area contributed by atoms with Gasteiger partial charge in [0.2, 0.25) is 5.91 Å². The van der Waals surface area contributed by atoms with Crippen LogP contribution >= 0.6 is 0 Å². The summed E-state index contributed by atoms with van der Waals surface area (Å²) < 4.78 is 5.21. The van der Waals surface area contributed by atoms with Gasteiger partial charge in [-0.1, -0.05) is 0 Å². The molecule has 1 rings (SSSR count). The first-order chi connectivity index (χ1) is 7.56. The maximum atomic E-state index is 10.6. The molecule has 0 aromatic heterocycles. The number of aliphatic hydroxyl groups excluding tert-OH is 3. The van der Waals surface area contributed by atoms with Crippen LogP contribution in [0.4, 0.5) is 0 Å². The molecule has 1 fully saturated rings. The van der Waals surface area contributed by atoms with E-state index in [1.807, 2.05) is 0 Å². The molecule has 0 radical (unpaired) electrons. The van der Waals surface area contributed by atoms with Crippen molar-refractivity contribution in [2.24, 2.45) is 5.92 Å². The van der Waals surface area contributed by atoms with Crippen LogP contribution in [0.2, 0.25) is 0 Å². The van der Waals surface area contributed by atoms with E-state index in [9.17, 15) is 15.0 Å². The van der Waals surface area contributed by atoms with Crippen molar-refractivity contribution < 1.29 is 24.9 Å². The summed E-state index contributed by atoms with van der Waals surface area (Å²) in [4.78, 5) is 10.6. The smallest absolute Gasteiger partial charge is 0.216 e. The van der Waals surface area contributed by atoms with E-state index in [1.54, 1.807) is 0 Å². The Morgan fingerprint density at radius 3 is 2.69 bits per heavy atom. The van der Waals surface area contributed by atoms with Gasteiger partial charge in [0.15, 0.2) is 0 Å². The average molecular weight is 233 g/mol. The largest absolute Gasteiger partial charge is 0.394 e. The Morgan fingerprint density at radius 1 is 1.44 bits per heavy atom. The van der Waals surface area contributed by atoms with Crippen LogP contribution in [0.25, 0.3) is 0 Å². The van der Waals surface area contributed by atoms with Gasteiger partial charge in [0, 0.05) is 19.4 Å². The van der Waals surface area contributed by atoms with Crippen LogP contribution < -0.4 is 5.32 Å². The number of amides is 1. The maximum Gasteiger partial charge on any atom is 0.216 e. The molecule has 1 aliphatic rings. The van der Waals surface area contributed by atoms with E-state index in [1.165, 1.54) is 6.92 Å². The van der Waals surface area contributed by atoms with E-state index >= 15 is 0 Å². The SMILES string of the molecule is CC(=O)NCC[C@@H]1CO[C@H](CO)[C@H](O)[C@@H]1O. The highest BCUT2D eigenvalue weighted by Gasteiger charge is 2.37. The molecule has 1 amide bonds. The van der Waals surface area contributed by atoms with E-state index in [0.717, 1.165) is 0 Å². The third kappa shape index (κ3) is 3.41. The number of rotatable bonds is 4. The number of ether oxygens (including phenoxy) is 1.